The highest BCUT2D eigenvalue weighted by atomic mass is 19.3. The van der Waals surface area contributed by atoms with Gasteiger partial charge in [-0.25, -0.2) is 4.79 Å². The molecule has 0 unspecified atom stereocenters. The summed E-state index contributed by atoms with van der Waals surface area (Å²) in [5, 5.41) is 2.28. The van der Waals surface area contributed by atoms with E-state index in [2.05, 4.69) is 10.1 Å². The summed E-state index contributed by atoms with van der Waals surface area (Å²) in [6.45, 7) is 2.08. The number of alkyl carbamates (subject to hydrolysis) is 1. The Morgan fingerprint density at radius 2 is 2.00 bits per heavy atom. The van der Waals surface area contributed by atoms with Gasteiger partial charge in [0.05, 0.1) is 6.61 Å². The molecule has 0 fully saturated rings. The maximum absolute atomic E-state index is 11.5. The third-order valence-electron chi connectivity index (χ3n) is 1.01. The lowest BCUT2D eigenvalue weighted by Crippen LogP contribution is -2.34. The van der Waals surface area contributed by atoms with Crippen LogP contribution in [0.5, 0.6) is 0 Å². The van der Waals surface area contributed by atoms with Crippen LogP contribution in [0.4, 0.5) is 13.6 Å². The van der Waals surface area contributed by atoms with Crippen molar-refractivity contribution in [2.75, 3.05) is 13.2 Å². The van der Waals surface area contributed by atoms with Crippen molar-refractivity contribution in [3.63, 3.8) is 0 Å². The number of nitrogens with one attached hydrogen (secondary N) is 1. The van der Waals surface area contributed by atoms with E-state index in [9.17, 15) is 13.6 Å². The highest BCUT2D eigenvalue weighted by Crippen LogP contribution is 2.06. The molecule has 0 spiro atoms. The summed E-state index contributed by atoms with van der Waals surface area (Å²) in [4.78, 5) is 10.9. The van der Waals surface area contributed by atoms with Crippen LogP contribution in [0.1, 0.15) is 20.8 Å². The molecule has 0 atom stereocenters. The molecule has 0 aliphatic carbocycles. The molecule has 4 nitrogen and oxygen atoms in total. The van der Waals surface area contributed by atoms with Crippen LogP contribution >= 0.6 is 0 Å². The van der Waals surface area contributed by atoms with Gasteiger partial charge in [0, 0.05) is 6.54 Å². The predicted molar refractivity (Wildman–Crippen MR) is 46.2 cm³/mol. The third kappa shape index (κ3) is 9.18. The maximum Gasteiger partial charge on any atom is 0.407 e. The summed E-state index contributed by atoms with van der Waals surface area (Å²) >= 11 is 0. The van der Waals surface area contributed by atoms with Crippen molar-refractivity contribution < 1.29 is 23.0 Å². The van der Waals surface area contributed by atoms with Gasteiger partial charge in [-0.15, -0.1) is 0 Å². The van der Waals surface area contributed by atoms with Gasteiger partial charge in [0.2, 0.25) is 0 Å². The Balaban J connectivity index is 3.46. The fourth-order valence-corrected chi connectivity index (χ4v) is 0.615. The summed E-state index contributed by atoms with van der Waals surface area (Å²) in [6.07, 6.45) is -0.643. The first-order chi connectivity index (χ1) is 6.31. The second kappa shape index (κ2) is 5.74. The minimum Gasteiger partial charge on any atom is -0.444 e. The SMILES string of the molecule is CC(C)(C)OC(=O)NCCOC(F)F. The first-order valence-corrected chi connectivity index (χ1v) is 4.18. The minimum atomic E-state index is -2.81. The van der Waals surface area contributed by atoms with Crippen LogP contribution in [0.3, 0.4) is 0 Å². The molecule has 0 aromatic carbocycles. The van der Waals surface area contributed by atoms with Gasteiger partial charge in [-0.2, -0.15) is 8.78 Å². The van der Waals surface area contributed by atoms with Crippen molar-refractivity contribution in [1.82, 2.24) is 5.32 Å². The molecule has 14 heavy (non-hydrogen) atoms. The fraction of sp³-hybridized carbons (Fsp3) is 0.875. The zero-order chi connectivity index (χ0) is 11.2. The highest BCUT2D eigenvalue weighted by Gasteiger charge is 2.15. The lowest BCUT2D eigenvalue weighted by Gasteiger charge is -2.19. The van der Waals surface area contributed by atoms with E-state index in [1.807, 2.05) is 0 Å². The topological polar surface area (TPSA) is 47.6 Å². The molecule has 0 aliphatic heterocycles. The Morgan fingerprint density at radius 3 is 2.43 bits per heavy atom. The van der Waals surface area contributed by atoms with E-state index in [1.54, 1.807) is 20.8 Å². The van der Waals surface area contributed by atoms with E-state index >= 15 is 0 Å². The van der Waals surface area contributed by atoms with Gasteiger partial charge in [-0.05, 0) is 20.8 Å². The Bertz CT molecular complexity index is 180. The number of hydrogen-bond donors (Lipinski definition) is 1. The third-order valence-corrected chi connectivity index (χ3v) is 1.01. The summed E-state index contributed by atoms with van der Waals surface area (Å²) in [5.41, 5.74) is -0.590. The molecule has 0 rings (SSSR count). The molecular formula is C8H15F2NO3. The first kappa shape index (κ1) is 13.1. The molecule has 0 bridgehead atoms. The lowest BCUT2D eigenvalue weighted by atomic mass is 10.2. The zero-order valence-electron chi connectivity index (χ0n) is 8.47. The van der Waals surface area contributed by atoms with Crippen LogP contribution in [-0.2, 0) is 9.47 Å². The molecule has 1 N–H and O–H groups in total. The van der Waals surface area contributed by atoms with E-state index in [0.29, 0.717) is 0 Å². The summed E-state index contributed by atoms with van der Waals surface area (Å²) < 4.78 is 31.7. The van der Waals surface area contributed by atoms with Crippen molar-refractivity contribution >= 4 is 6.09 Å². The molecule has 1 amide bonds. The second-order valence-corrected chi connectivity index (χ2v) is 3.56. The predicted octanol–water partition coefficient (Wildman–Crippen LogP) is 1.75. The van der Waals surface area contributed by atoms with Crippen molar-refractivity contribution in [1.29, 1.82) is 0 Å². The van der Waals surface area contributed by atoms with Crippen LogP contribution in [0, 0.1) is 0 Å². The molecule has 0 saturated heterocycles. The highest BCUT2D eigenvalue weighted by molar-refractivity contribution is 5.67. The van der Waals surface area contributed by atoms with E-state index in [1.165, 1.54) is 0 Å². The molecule has 0 aromatic rings. The van der Waals surface area contributed by atoms with Crippen molar-refractivity contribution in [3.05, 3.63) is 0 Å². The number of ether oxygens (including phenoxy) is 2. The first-order valence-electron chi connectivity index (χ1n) is 4.18. The van der Waals surface area contributed by atoms with Gasteiger partial charge >= 0.3 is 12.7 Å². The van der Waals surface area contributed by atoms with Crippen LogP contribution in [0.2, 0.25) is 0 Å². The number of hydrogen-bond acceptors (Lipinski definition) is 3. The van der Waals surface area contributed by atoms with Crippen LogP contribution in [-0.4, -0.2) is 31.5 Å². The van der Waals surface area contributed by atoms with Gasteiger partial charge in [0.1, 0.15) is 5.60 Å². The minimum absolute atomic E-state index is 0.000741. The molecule has 0 saturated carbocycles. The maximum atomic E-state index is 11.5. The molecule has 0 aromatic heterocycles. The molecular weight excluding hydrogens is 196 g/mol. The quantitative estimate of drug-likeness (QED) is 0.720. The largest absolute Gasteiger partial charge is 0.444 e. The zero-order valence-corrected chi connectivity index (χ0v) is 8.47. The lowest BCUT2D eigenvalue weighted by molar-refractivity contribution is -0.127. The number of rotatable bonds is 4. The summed E-state index contributed by atoms with van der Waals surface area (Å²) in [5.74, 6) is 0. The Labute approximate surface area is 81.6 Å². The Kier molecular flexibility index (Phi) is 5.37. The van der Waals surface area contributed by atoms with Gasteiger partial charge in [0.25, 0.3) is 0 Å². The monoisotopic (exact) mass is 211 g/mol. The number of alkyl halides is 2. The molecule has 0 aliphatic rings. The van der Waals surface area contributed by atoms with Crippen LogP contribution in [0.15, 0.2) is 0 Å². The van der Waals surface area contributed by atoms with Gasteiger partial charge in [-0.1, -0.05) is 0 Å². The second-order valence-electron chi connectivity index (χ2n) is 3.56. The average Bonchev–Trinajstić information content (AvgIpc) is 1.94. The van der Waals surface area contributed by atoms with E-state index in [-0.39, 0.29) is 13.2 Å². The number of carbonyl (C=O) groups excluding carboxylic acids is 1. The van der Waals surface area contributed by atoms with Gasteiger partial charge in [-0.3, -0.25) is 0 Å². The molecule has 84 valence electrons. The summed E-state index contributed by atoms with van der Waals surface area (Å²) in [7, 11) is 0. The van der Waals surface area contributed by atoms with Crippen molar-refractivity contribution in [2.24, 2.45) is 0 Å². The van der Waals surface area contributed by atoms with Gasteiger partial charge in [0.15, 0.2) is 0 Å². The van der Waals surface area contributed by atoms with Gasteiger partial charge < -0.3 is 14.8 Å². The van der Waals surface area contributed by atoms with Crippen molar-refractivity contribution in [2.45, 2.75) is 33.0 Å². The van der Waals surface area contributed by atoms with Crippen LogP contribution in [0.25, 0.3) is 0 Å². The smallest absolute Gasteiger partial charge is 0.407 e. The van der Waals surface area contributed by atoms with E-state index in [4.69, 9.17) is 4.74 Å². The molecule has 0 radical (unpaired) electrons. The molecule has 6 heteroatoms. The Morgan fingerprint density at radius 1 is 1.43 bits per heavy atom. The standard InChI is InChI=1S/C8H15F2NO3/c1-8(2,3)14-7(12)11-4-5-13-6(9)10/h6H,4-5H2,1-3H3,(H,11,12). The summed E-state index contributed by atoms with van der Waals surface area (Å²) in [6, 6.07) is 0. The van der Waals surface area contributed by atoms with Crippen LogP contribution < -0.4 is 5.32 Å². The Hall–Kier alpha value is -0.910. The van der Waals surface area contributed by atoms with E-state index in [0.717, 1.165) is 0 Å². The van der Waals surface area contributed by atoms with Crippen molar-refractivity contribution in [3.8, 4) is 0 Å². The number of halogens is 2. The molecule has 0 heterocycles. The normalized spacial score (nSPS) is 11.6. The number of carbonyl (C=O) groups is 1. The average molecular weight is 211 g/mol. The van der Waals surface area contributed by atoms with E-state index < -0.39 is 18.3 Å². The number of amides is 1. The fourth-order valence-electron chi connectivity index (χ4n) is 0.615.